The molecular formula is C17H17BrN2O5. The molecule has 3 N–H and O–H groups in total. The molecule has 0 heterocycles. The topological polar surface area (TPSA) is 96.9 Å². The number of halogens is 1. The summed E-state index contributed by atoms with van der Waals surface area (Å²) in [5, 5.41) is 8.85. The molecule has 0 atom stereocenters. The first-order chi connectivity index (χ1) is 12.1. The SMILES string of the molecule is COc1ccc(C(=O)NNC(=O)c2ccccc2Br)cc1OCCO. The molecule has 2 amide bonds. The quantitative estimate of drug-likeness (QED) is 0.634. The maximum atomic E-state index is 12.2. The number of aliphatic hydroxyl groups excluding tert-OH is 1. The van der Waals surface area contributed by atoms with Gasteiger partial charge in [0.15, 0.2) is 11.5 Å². The molecule has 0 saturated heterocycles. The Bertz CT molecular complexity index is 766. The summed E-state index contributed by atoms with van der Waals surface area (Å²) in [7, 11) is 1.47. The molecule has 0 radical (unpaired) electrons. The summed E-state index contributed by atoms with van der Waals surface area (Å²) in [6, 6.07) is 11.4. The van der Waals surface area contributed by atoms with E-state index in [1.54, 1.807) is 30.3 Å². The second kappa shape index (κ2) is 9.05. The molecule has 0 fully saturated rings. The van der Waals surface area contributed by atoms with Crippen molar-refractivity contribution in [3.63, 3.8) is 0 Å². The lowest BCUT2D eigenvalue weighted by atomic mass is 10.2. The van der Waals surface area contributed by atoms with Crippen molar-refractivity contribution < 1.29 is 24.2 Å². The Morgan fingerprint density at radius 1 is 1.08 bits per heavy atom. The van der Waals surface area contributed by atoms with Gasteiger partial charge in [0.25, 0.3) is 11.8 Å². The first-order valence-corrected chi connectivity index (χ1v) is 8.13. The van der Waals surface area contributed by atoms with Crippen molar-refractivity contribution in [3.05, 3.63) is 58.1 Å². The first-order valence-electron chi connectivity index (χ1n) is 7.33. The average molecular weight is 409 g/mol. The molecule has 2 aromatic rings. The first kappa shape index (κ1) is 18.8. The lowest BCUT2D eigenvalue weighted by molar-refractivity contribution is 0.0846. The lowest BCUT2D eigenvalue weighted by Gasteiger charge is -2.12. The van der Waals surface area contributed by atoms with Crippen LogP contribution in [0.2, 0.25) is 0 Å². The van der Waals surface area contributed by atoms with Crippen LogP contribution in [0.3, 0.4) is 0 Å². The van der Waals surface area contributed by atoms with Gasteiger partial charge in [-0.1, -0.05) is 12.1 Å². The number of carbonyl (C=O) groups is 2. The van der Waals surface area contributed by atoms with Crippen molar-refractivity contribution in [2.75, 3.05) is 20.3 Å². The fraction of sp³-hybridized carbons (Fsp3) is 0.176. The highest BCUT2D eigenvalue weighted by molar-refractivity contribution is 9.10. The predicted molar refractivity (Wildman–Crippen MR) is 94.6 cm³/mol. The number of ether oxygens (including phenoxy) is 2. The molecule has 8 heteroatoms. The van der Waals surface area contributed by atoms with E-state index < -0.39 is 11.8 Å². The molecule has 0 aliphatic carbocycles. The van der Waals surface area contributed by atoms with Crippen LogP contribution in [0.4, 0.5) is 0 Å². The van der Waals surface area contributed by atoms with Gasteiger partial charge in [0.1, 0.15) is 6.61 Å². The third-order valence-electron chi connectivity index (χ3n) is 3.18. The van der Waals surface area contributed by atoms with Crippen molar-refractivity contribution >= 4 is 27.7 Å². The summed E-state index contributed by atoms with van der Waals surface area (Å²) in [6.45, 7) is -0.0954. The molecular weight excluding hydrogens is 392 g/mol. The largest absolute Gasteiger partial charge is 0.493 e. The molecule has 0 saturated carbocycles. The van der Waals surface area contributed by atoms with E-state index in [9.17, 15) is 9.59 Å². The Morgan fingerprint density at radius 3 is 2.48 bits per heavy atom. The fourth-order valence-electron chi connectivity index (χ4n) is 1.98. The van der Waals surface area contributed by atoms with Gasteiger partial charge in [-0.2, -0.15) is 0 Å². The Hall–Kier alpha value is -2.58. The van der Waals surface area contributed by atoms with E-state index in [1.165, 1.54) is 19.2 Å². The molecule has 132 valence electrons. The van der Waals surface area contributed by atoms with Crippen molar-refractivity contribution in [3.8, 4) is 11.5 Å². The third-order valence-corrected chi connectivity index (χ3v) is 3.87. The van der Waals surface area contributed by atoms with Gasteiger partial charge in [0, 0.05) is 10.0 Å². The predicted octanol–water partition coefficient (Wildman–Crippen LogP) is 1.90. The lowest BCUT2D eigenvalue weighted by Crippen LogP contribution is -2.41. The number of amides is 2. The van der Waals surface area contributed by atoms with Gasteiger partial charge in [0.2, 0.25) is 0 Å². The molecule has 25 heavy (non-hydrogen) atoms. The van der Waals surface area contributed by atoms with Crippen LogP contribution in [0, 0.1) is 0 Å². The highest BCUT2D eigenvalue weighted by atomic mass is 79.9. The number of hydrazine groups is 1. The Morgan fingerprint density at radius 2 is 1.80 bits per heavy atom. The second-order valence-corrected chi connectivity index (χ2v) is 5.68. The minimum atomic E-state index is -0.517. The van der Waals surface area contributed by atoms with Gasteiger partial charge in [0.05, 0.1) is 19.3 Å². The number of aliphatic hydroxyl groups is 1. The van der Waals surface area contributed by atoms with E-state index in [0.717, 1.165) is 0 Å². The van der Waals surface area contributed by atoms with E-state index in [0.29, 0.717) is 21.5 Å². The van der Waals surface area contributed by atoms with Crippen molar-refractivity contribution in [2.45, 2.75) is 0 Å². The maximum Gasteiger partial charge on any atom is 0.270 e. The van der Waals surface area contributed by atoms with Crippen LogP contribution >= 0.6 is 15.9 Å². The standard InChI is InChI=1S/C17H17BrN2O5/c1-24-14-7-6-11(10-15(14)25-9-8-21)16(22)19-20-17(23)12-4-2-3-5-13(12)18/h2-7,10,21H,8-9H2,1H3,(H,19,22)(H,20,23). The minimum absolute atomic E-state index is 0.0696. The monoisotopic (exact) mass is 408 g/mol. The molecule has 0 aliphatic heterocycles. The van der Waals surface area contributed by atoms with Crippen molar-refractivity contribution in [1.82, 2.24) is 10.9 Å². The number of hydrogen-bond donors (Lipinski definition) is 3. The molecule has 0 spiro atoms. The van der Waals surface area contributed by atoms with Gasteiger partial charge >= 0.3 is 0 Å². The van der Waals surface area contributed by atoms with E-state index >= 15 is 0 Å². The van der Waals surface area contributed by atoms with Crippen LogP contribution in [0.5, 0.6) is 11.5 Å². The van der Waals surface area contributed by atoms with Crippen molar-refractivity contribution in [1.29, 1.82) is 0 Å². The summed E-state index contributed by atoms with van der Waals surface area (Å²) in [5.41, 5.74) is 5.35. The molecule has 7 nitrogen and oxygen atoms in total. The number of benzene rings is 2. The summed E-state index contributed by atoms with van der Waals surface area (Å²) < 4.78 is 11.1. The molecule has 2 rings (SSSR count). The average Bonchev–Trinajstić information content (AvgIpc) is 2.64. The number of methoxy groups -OCH3 is 1. The van der Waals surface area contributed by atoms with Gasteiger partial charge in [-0.25, -0.2) is 0 Å². The summed E-state index contributed by atoms with van der Waals surface area (Å²) >= 11 is 3.27. The van der Waals surface area contributed by atoms with Crippen LogP contribution in [0.15, 0.2) is 46.9 Å². The highest BCUT2D eigenvalue weighted by Gasteiger charge is 2.14. The number of hydrogen-bond acceptors (Lipinski definition) is 5. The number of rotatable bonds is 6. The van der Waals surface area contributed by atoms with E-state index in [-0.39, 0.29) is 18.8 Å². The molecule has 0 aliphatic rings. The summed E-state index contributed by atoms with van der Waals surface area (Å²) in [4.78, 5) is 24.3. The molecule has 0 unspecified atom stereocenters. The van der Waals surface area contributed by atoms with Gasteiger partial charge in [-0.05, 0) is 46.3 Å². The minimum Gasteiger partial charge on any atom is -0.493 e. The third kappa shape index (κ3) is 4.94. The molecule has 0 bridgehead atoms. The van der Waals surface area contributed by atoms with Gasteiger partial charge in [-0.3, -0.25) is 20.4 Å². The zero-order valence-electron chi connectivity index (χ0n) is 13.4. The zero-order valence-corrected chi connectivity index (χ0v) is 15.0. The van der Waals surface area contributed by atoms with E-state index in [1.807, 2.05) is 0 Å². The van der Waals surface area contributed by atoms with Crippen LogP contribution in [-0.2, 0) is 0 Å². The van der Waals surface area contributed by atoms with Gasteiger partial charge in [-0.15, -0.1) is 0 Å². The highest BCUT2D eigenvalue weighted by Crippen LogP contribution is 2.28. The zero-order chi connectivity index (χ0) is 18.2. The molecule has 0 aromatic heterocycles. The number of carbonyl (C=O) groups excluding carboxylic acids is 2. The van der Waals surface area contributed by atoms with E-state index in [4.69, 9.17) is 14.6 Å². The Kier molecular flexibility index (Phi) is 6.79. The van der Waals surface area contributed by atoms with Gasteiger partial charge < -0.3 is 14.6 Å². The summed E-state index contributed by atoms with van der Waals surface area (Å²) in [5.74, 6) is -0.216. The smallest absolute Gasteiger partial charge is 0.270 e. The Balaban J connectivity index is 2.05. The fourth-order valence-corrected chi connectivity index (χ4v) is 2.45. The number of nitrogens with one attached hydrogen (secondary N) is 2. The molecule has 2 aromatic carbocycles. The normalized spacial score (nSPS) is 10.0. The van der Waals surface area contributed by atoms with Crippen LogP contribution in [0.1, 0.15) is 20.7 Å². The van der Waals surface area contributed by atoms with Crippen molar-refractivity contribution in [2.24, 2.45) is 0 Å². The second-order valence-electron chi connectivity index (χ2n) is 4.83. The summed E-state index contributed by atoms with van der Waals surface area (Å²) in [6.07, 6.45) is 0. The van der Waals surface area contributed by atoms with Crippen LogP contribution in [0.25, 0.3) is 0 Å². The Labute approximate surface area is 153 Å². The van der Waals surface area contributed by atoms with Crippen LogP contribution < -0.4 is 20.3 Å². The van der Waals surface area contributed by atoms with Crippen LogP contribution in [-0.4, -0.2) is 37.2 Å². The van der Waals surface area contributed by atoms with E-state index in [2.05, 4.69) is 26.8 Å². The maximum absolute atomic E-state index is 12.2.